The Morgan fingerprint density at radius 2 is 2.38 bits per heavy atom. The Balaban J connectivity index is 1.88. The van der Waals surface area contributed by atoms with Gasteiger partial charge in [0.05, 0.1) is 0 Å². The average Bonchev–Trinajstić information content (AvgIpc) is 2.97. The zero-order valence-electron chi connectivity index (χ0n) is 13.1. The van der Waals surface area contributed by atoms with Gasteiger partial charge < -0.3 is 15.0 Å². The highest BCUT2D eigenvalue weighted by atomic mass is 32.1. The first-order valence-corrected chi connectivity index (χ1v) is 8.25. The van der Waals surface area contributed by atoms with E-state index in [4.69, 9.17) is 4.74 Å². The van der Waals surface area contributed by atoms with E-state index in [2.05, 4.69) is 22.4 Å². The first-order valence-electron chi connectivity index (χ1n) is 7.37. The van der Waals surface area contributed by atoms with Crippen molar-refractivity contribution in [2.75, 3.05) is 11.9 Å². The highest BCUT2D eigenvalue weighted by Gasteiger charge is 2.32. The number of likely N-dealkylation sites (tertiary alicyclic amines) is 1. The molecule has 0 radical (unpaired) electrons. The number of carbonyl (C=O) groups excluding carboxylic acids is 1. The lowest BCUT2D eigenvalue weighted by atomic mass is 10.1. The molecule has 1 aliphatic rings. The second-order valence-corrected chi connectivity index (χ2v) is 7.33. The predicted octanol–water partition coefficient (Wildman–Crippen LogP) is 3.13. The summed E-state index contributed by atoms with van der Waals surface area (Å²) in [7, 11) is 0. The molecule has 1 aromatic heterocycles. The first-order chi connectivity index (χ1) is 9.85. The van der Waals surface area contributed by atoms with Crippen molar-refractivity contribution in [2.45, 2.75) is 64.6 Å². The van der Waals surface area contributed by atoms with Crippen molar-refractivity contribution in [3.05, 3.63) is 5.51 Å². The van der Waals surface area contributed by atoms with E-state index in [1.807, 2.05) is 25.7 Å². The Bertz CT molecular complexity index is 458. The zero-order chi connectivity index (χ0) is 15.5. The van der Waals surface area contributed by atoms with Crippen molar-refractivity contribution < 1.29 is 9.53 Å². The number of hydrogen-bond acceptors (Lipinski definition) is 6. The van der Waals surface area contributed by atoms with Gasteiger partial charge in [-0.05, 0) is 47.0 Å². The van der Waals surface area contributed by atoms with Gasteiger partial charge in [0.25, 0.3) is 0 Å². The third kappa shape index (κ3) is 4.84. The summed E-state index contributed by atoms with van der Waals surface area (Å²) in [5.74, 6) is 0. The van der Waals surface area contributed by atoms with Crippen LogP contribution in [0.5, 0.6) is 0 Å². The molecule has 118 valence electrons. The summed E-state index contributed by atoms with van der Waals surface area (Å²) < 4.78 is 5.49. The van der Waals surface area contributed by atoms with E-state index < -0.39 is 5.60 Å². The van der Waals surface area contributed by atoms with Gasteiger partial charge in [-0.15, -0.1) is 10.2 Å². The van der Waals surface area contributed by atoms with E-state index in [0.717, 1.165) is 30.9 Å². The smallest absolute Gasteiger partial charge is 0.410 e. The fourth-order valence-corrected chi connectivity index (χ4v) is 3.11. The van der Waals surface area contributed by atoms with Crippen LogP contribution in [0.2, 0.25) is 0 Å². The fourth-order valence-electron chi connectivity index (χ4n) is 2.56. The van der Waals surface area contributed by atoms with Crippen molar-refractivity contribution in [3.8, 4) is 0 Å². The molecule has 21 heavy (non-hydrogen) atoms. The topological polar surface area (TPSA) is 67.3 Å². The minimum Gasteiger partial charge on any atom is -0.444 e. The molecule has 0 saturated carbocycles. The number of hydrogen-bond donors (Lipinski definition) is 1. The van der Waals surface area contributed by atoms with Gasteiger partial charge in [-0.3, -0.25) is 0 Å². The van der Waals surface area contributed by atoms with Crippen molar-refractivity contribution in [3.63, 3.8) is 0 Å². The SMILES string of the molecule is CC(CC1CCCN1C(=O)OC(C)(C)C)Nc1nncs1. The molecule has 1 fully saturated rings. The number of anilines is 1. The molecule has 0 bridgehead atoms. The maximum absolute atomic E-state index is 12.2. The summed E-state index contributed by atoms with van der Waals surface area (Å²) in [6.45, 7) is 8.58. The Labute approximate surface area is 129 Å². The minimum absolute atomic E-state index is 0.201. The quantitative estimate of drug-likeness (QED) is 0.925. The summed E-state index contributed by atoms with van der Waals surface area (Å²) in [6, 6.07) is 0.473. The first kappa shape index (κ1) is 16.0. The van der Waals surface area contributed by atoms with Gasteiger partial charge in [0.15, 0.2) is 0 Å². The van der Waals surface area contributed by atoms with Gasteiger partial charge in [-0.2, -0.15) is 0 Å². The van der Waals surface area contributed by atoms with Crippen LogP contribution in [0, 0.1) is 0 Å². The monoisotopic (exact) mass is 312 g/mol. The summed E-state index contributed by atoms with van der Waals surface area (Å²) in [4.78, 5) is 14.1. The van der Waals surface area contributed by atoms with Crippen LogP contribution >= 0.6 is 11.3 Å². The standard InChI is InChI=1S/C14H24N4O2S/c1-10(16-12-17-15-9-21-12)8-11-6-5-7-18(11)13(19)20-14(2,3)4/h9-11H,5-8H2,1-4H3,(H,16,17). The van der Waals surface area contributed by atoms with Crippen LogP contribution in [0.1, 0.15) is 47.0 Å². The Hall–Kier alpha value is -1.37. The van der Waals surface area contributed by atoms with Crippen molar-refractivity contribution in [1.82, 2.24) is 15.1 Å². The Morgan fingerprint density at radius 3 is 3.00 bits per heavy atom. The van der Waals surface area contributed by atoms with E-state index in [1.54, 1.807) is 5.51 Å². The molecule has 1 saturated heterocycles. The molecule has 2 rings (SSSR count). The van der Waals surface area contributed by atoms with Gasteiger partial charge in [0.1, 0.15) is 11.1 Å². The number of carbonyl (C=O) groups is 1. The van der Waals surface area contributed by atoms with Gasteiger partial charge in [-0.25, -0.2) is 4.79 Å². The molecule has 1 aromatic rings. The van der Waals surface area contributed by atoms with Crippen LogP contribution in [0.15, 0.2) is 5.51 Å². The molecule has 2 heterocycles. The number of nitrogens with zero attached hydrogens (tertiary/aromatic N) is 3. The summed E-state index contributed by atoms with van der Waals surface area (Å²) in [6.07, 6.45) is 2.75. The van der Waals surface area contributed by atoms with E-state index in [-0.39, 0.29) is 18.2 Å². The van der Waals surface area contributed by atoms with E-state index in [1.165, 1.54) is 11.3 Å². The summed E-state index contributed by atoms with van der Waals surface area (Å²) in [5, 5.41) is 11.9. The second kappa shape index (κ2) is 6.60. The van der Waals surface area contributed by atoms with Crippen LogP contribution in [-0.2, 0) is 4.74 Å². The third-order valence-electron chi connectivity index (χ3n) is 3.36. The lowest BCUT2D eigenvalue weighted by molar-refractivity contribution is 0.0218. The van der Waals surface area contributed by atoms with Gasteiger partial charge >= 0.3 is 6.09 Å². The van der Waals surface area contributed by atoms with Crippen molar-refractivity contribution in [1.29, 1.82) is 0 Å². The lowest BCUT2D eigenvalue weighted by Crippen LogP contribution is -2.41. The highest BCUT2D eigenvalue weighted by molar-refractivity contribution is 7.13. The molecule has 7 heteroatoms. The van der Waals surface area contributed by atoms with Crippen molar-refractivity contribution in [2.24, 2.45) is 0 Å². The molecule has 0 aromatic carbocycles. The van der Waals surface area contributed by atoms with Crippen LogP contribution in [0.25, 0.3) is 0 Å². The van der Waals surface area contributed by atoms with Crippen molar-refractivity contribution >= 4 is 22.6 Å². The maximum atomic E-state index is 12.2. The predicted molar refractivity (Wildman–Crippen MR) is 83.6 cm³/mol. The Kier molecular flexibility index (Phi) is 5.03. The molecule has 0 spiro atoms. The van der Waals surface area contributed by atoms with Gasteiger partial charge in [-0.1, -0.05) is 11.3 Å². The molecular formula is C14H24N4O2S. The second-order valence-electron chi connectivity index (χ2n) is 6.49. The highest BCUT2D eigenvalue weighted by Crippen LogP contribution is 2.25. The van der Waals surface area contributed by atoms with Gasteiger partial charge in [0, 0.05) is 18.6 Å². The number of aromatic nitrogens is 2. The van der Waals surface area contributed by atoms with Gasteiger partial charge in [0.2, 0.25) is 5.13 Å². The normalized spacial score (nSPS) is 20.4. The maximum Gasteiger partial charge on any atom is 0.410 e. The molecule has 6 nitrogen and oxygen atoms in total. The van der Waals surface area contributed by atoms with E-state index >= 15 is 0 Å². The number of nitrogens with one attached hydrogen (secondary N) is 1. The van der Waals surface area contributed by atoms with Crippen LogP contribution in [0.3, 0.4) is 0 Å². The molecule has 2 atom stereocenters. The molecule has 1 N–H and O–H groups in total. The number of rotatable bonds is 4. The van der Waals surface area contributed by atoms with E-state index in [9.17, 15) is 4.79 Å². The average molecular weight is 312 g/mol. The largest absolute Gasteiger partial charge is 0.444 e. The fraction of sp³-hybridized carbons (Fsp3) is 0.786. The van der Waals surface area contributed by atoms with Crippen LogP contribution in [-0.4, -0.2) is 45.4 Å². The summed E-state index contributed by atoms with van der Waals surface area (Å²) in [5.41, 5.74) is 1.26. The third-order valence-corrected chi connectivity index (χ3v) is 3.98. The molecule has 1 aliphatic heterocycles. The molecule has 1 amide bonds. The van der Waals surface area contributed by atoms with Crippen LogP contribution < -0.4 is 5.32 Å². The molecule has 0 aliphatic carbocycles. The Morgan fingerprint density at radius 1 is 1.62 bits per heavy atom. The summed E-state index contributed by atoms with van der Waals surface area (Å²) >= 11 is 1.49. The lowest BCUT2D eigenvalue weighted by Gasteiger charge is -2.30. The van der Waals surface area contributed by atoms with Crippen LogP contribution in [0.4, 0.5) is 9.93 Å². The molecule has 2 unspecified atom stereocenters. The van der Waals surface area contributed by atoms with E-state index in [0.29, 0.717) is 0 Å². The molecular weight excluding hydrogens is 288 g/mol. The minimum atomic E-state index is -0.444. The number of ether oxygens (including phenoxy) is 1. The number of amides is 1. The zero-order valence-corrected chi connectivity index (χ0v) is 13.9.